The molecule has 0 bridgehead atoms. The molecule has 2 heterocycles. The van der Waals surface area contributed by atoms with Crippen LogP contribution in [0.5, 0.6) is 0 Å². The van der Waals surface area contributed by atoms with Gasteiger partial charge in [0.2, 0.25) is 0 Å². The van der Waals surface area contributed by atoms with E-state index in [9.17, 15) is 4.79 Å². The highest BCUT2D eigenvalue weighted by Crippen LogP contribution is 2.11. The van der Waals surface area contributed by atoms with Crippen LogP contribution < -0.4 is 21.5 Å². The van der Waals surface area contributed by atoms with Crippen LogP contribution in [0.3, 0.4) is 0 Å². The van der Waals surface area contributed by atoms with Crippen LogP contribution in [-0.2, 0) is 13.5 Å². The van der Waals surface area contributed by atoms with Crippen molar-refractivity contribution in [2.75, 3.05) is 0 Å². The van der Waals surface area contributed by atoms with Crippen LogP contribution in [0.1, 0.15) is 26.9 Å². The fourth-order valence-electron chi connectivity index (χ4n) is 1.68. The van der Waals surface area contributed by atoms with Gasteiger partial charge < -0.3 is 17.0 Å². The maximum Gasteiger partial charge on any atom is 0.262 e. The lowest BCUT2D eigenvalue weighted by molar-refractivity contribution is -0.683. The second-order valence-corrected chi connectivity index (χ2v) is 4.87. The molecule has 92 valence electrons. The molecule has 0 aliphatic rings. The molecule has 0 aliphatic carbocycles. The first kappa shape index (κ1) is 14.1. The third-order valence-corrected chi connectivity index (χ3v) is 3.82. The summed E-state index contributed by atoms with van der Waals surface area (Å²) in [7, 11) is 1.98. The average molecular weight is 315 g/mol. The molecular weight excluding hydrogens is 300 g/mol. The second-order valence-electron chi connectivity index (χ2n) is 3.92. The minimum absolute atomic E-state index is 0. The van der Waals surface area contributed by atoms with E-state index in [0.717, 1.165) is 16.4 Å². The lowest BCUT2D eigenvalue weighted by atomic mass is 10.2. The summed E-state index contributed by atoms with van der Waals surface area (Å²) in [4.78, 5) is 16.0. The molecule has 0 fully saturated rings. The summed E-state index contributed by atoms with van der Waals surface area (Å²) >= 11 is 1.49. The largest absolute Gasteiger partial charge is 1.00 e. The van der Waals surface area contributed by atoms with Crippen molar-refractivity contribution in [1.82, 2.24) is 4.98 Å². The van der Waals surface area contributed by atoms with Gasteiger partial charge in [0.1, 0.15) is 17.8 Å². The molecule has 0 saturated carbocycles. The van der Waals surface area contributed by atoms with Crippen molar-refractivity contribution in [2.24, 2.45) is 7.05 Å². The Morgan fingerprint density at radius 2 is 2.18 bits per heavy atom. The number of nitrogens with one attached hydrogen (secondary N) is 1. The maximum atomic E-state index is 11.9. The molecule has 5 heteroatoms. The number of Topliss-reactive ketones (excluding diaryl/α,β-unsaturated/α-hetero) is 1. The standard InChI is InChI=1S/C12H14N2OS.BrH/c1-8-9(2)14(3)12(13-8)7-10(15)11-5-4-6-16-11;/h4-6H,7H2,1-3H3;1H. The van der Waals surface area contributed by atoms with E-state index >= 15 is 0 Å². The summed E-state index contributed by atoms with van der Waals surface area (Å²) in [6, 6.07) is 3.78. The number of ketones is 1. The SMILES string of the molecule is Cc1[nH]c(CC(=O)c2cccs2)[n+](C)c1C.[Br-]. The van der Waals surface area contributed by atoms with Gasteiger partial charge in [-0.25, -0.2) is 9.55 Å². The van der Waals surface area contributed by atoms with E-state index < -0.39 is 0 Å². The lowest BCUT2D eigenvalue weighted by Crippen LogP contribution is -3.00. The van der Waals surface area contributed by atoms with Gasteiger partial charge in [0.25, 0.3) is 5.82 Å². The molecule has 0 atom stereocenters. The van der Waals surface area contributed by atoms with Crippen LogP contribution in [0.25, 0.3) is 0 Å². The van der Waals surface area contributed by atoms with Crippen molar-refractivity contribution in [3.05, 3.63) is 39.6 Å². The zero-order valence-electron chi connectivity index (χ0n) is 10.1. The number of aromatic nitrogens is 2. The highest BCUT2D eigenvalue weighted by Gasteiger charge is 2.19. The summed E-state index contributed by atoms with van der Waals surface area (Å²) < 4.78 is 2.04. The van der Waals surface area contributed by atoms with Crippen molar-refractivity contribution in [3.63, 3.8) is 0 Å². The van der Waals surface area contributed by atoms with Gasteiger partial charge >= 0.3 is 0 Å². The third-order valence-electron chi connectivity index (χ3n) is 2.91. The van der Waals surface area contributed by atoms with Crippen molar-refractivity contribution in [1.29, 1.82) is 0 Å². The number of thiophene rings is 1. The molecule has 1 N–H and O–H groups in total. The Labute approximate surface area is 115 Å². The molecule has 2 rings (SSSR count). The van der Waals surface area contributed by atoms with E-state index in [2.05, 4.69) is 4.98 Å². The number of carbonyl (C=O) groups is 1. The van der Waals surface area contributed by atoms with Gasteiger partial charge in [0.05, 0.1) is 11.9 Å². The molecule has 2 aromatic heterocycles. The number of H-pyrrole nitrogens is 1. The topological polar surface area (TPSA) is 36.7 Å². The number of halogens is 1. The molecule has 0 aliphatic heterocycles. The van der Waals surface area contributed by atoms with E-state index in [1.54, 1.807) is 0 Å². The Hall–Kier alpha value is -0.940. The lowest BCUT2D eigenvalue weighted by Gasteiger charge is -1.94. The van der Waals surface area contributed by atoms with Crippen LogP contribution in [0.2, 0.25) is 0 Å². The predicted molar refractivity (Wildman–Crippen MR) is 63.8 cm³/mol. The number of rotatable bonds is 3. The molecule has 0 amide bonds. The zero-order chi connectivity index (χ0) is 11.7. The number of carbonyl (C=O) groups excluding carboxylic acids is 1. The van der Waals surface area contributed by atoms with E-state index in [-0.39, 0.29) is 22.8 Å². The highest BCUT2D eigenvalue weighted by atomic mass is 79.9. The van der Waals surface area contributed by atoms with E-state index in [0.29, 0.717) is 6.42 Å². The van der Waals surface area contributed by atoms with E-state index in [4.69, 9.17) is 0 Å². The van der Waals surface area contributed by atoms with Crippen LogP contribution in [-0.4, -0.2) is 10.8 Å². The van der Waals surface area contributed by atoms with Crippen LogP contribution in [0, 0.1) is 13.8 Å². The first-order valence-corrected chi connectivity index (χ1v) is 6.08. The number of aromatic amines is 1. The van der Waals surface area contributed by atoms with Crippen molar-refractivity contribution >= 4 is 17.1 Å². The molecule has 0 saturated heterocycles. The average Bonchev–Trinajstić information content (AvgIpc) is 2.85. The van der Waals surface area contributed by atoms with Crippen molar-refractivity contribution < 1.29 is 26.3 Å². The smallest absolute Gasteiger partial charge is 0.262 e. The molecule has 3 nitrogen and oxygen atoms in total. The van der Waals surface area contributed by atoms with Gasteiger partial charge in [-0.3, -0.25) is 4.79 Å². The van der Waals surface area contributed by atoms with Gasteiger partial charge in [0, 0.05) is 13.8 Å². The Morgan fingerprint density at radius 3 is 2.65 bits per heavy atom. The molecule has 0 aromatic carbocycles. The van der Waals surface area contributed by atoms with Gasteiger partial charge in [-0.15, -0.1) is 11.3 Å². The third kappa shape index (κ3) is 2.84. The molecule has 0 unspecified atom stereocenters. The van der Waals surface area contributed by atoms with Gasteiger partial charge in [-0.1, -0.05) is 6.07 Å². The monoisotopic (exact) mass is 314 g/mol. The van der Waals surface area contributed by atoms with Crippen molar-refractivity contribution in [2.45, 2.75) is 20.3 Å². The van der Waals surface area contributed by atoms with Gasteiger partial charge in [0.15, 0.2) is 5.78 Å². The number of hydrogen-bond donors (Lipinski definition) is 1. The Bertz CT molecular complexity index is 517. The first-order valence-electron chi connectivity index (χ1n) is 5.20. The quantitative estimate of drug-likeness (QED) is 0.569. The van der Waals surface area contributed by atoms with Gasteiger partial charge in [-0.2, -0.15) is 0 Å². The minimum Gasteiger partial charge on any atom is -1.00 e. The first-order chi connectivity index (χ1) is 7.59. The number of nitrogens with zero attached hydrogens (tertiary/aromatic N) is 1. The Kier molecular flexibility index (Phi) is 4.65. The van der Waals surface area contributed by atoms with Crippen molar-refractivity contribution in [3.8, 4) is 0 Å². The Balaban J connectivity index is 0.00000144. The molecule has 0 spiro atoms. The summed E-state index contributed by atoms with van der Waals surface area (Å²) in [6.45, 7) is 4.07. The zero-order valence-corrected chi connectivity index (χ0v) is 12.5. The maximum absolute atomic E-state index is 11.9. The number of aryl methyl sites for hydroxylation is 1. The van der Waals surface area contributed by atoms with Crippen LogP contribution in [0.4, 0.5) is 0 Å². The van der Waals surface area contributed by atoms with E-state index in [1.807, 2.05) is 43.0 Å². The van der Waals surface area contributed by atoms with Gasteiger partial charge in [-0.05, 0) is 11.4 Å². The molecule has 0 radical (unpaired) electrons. The fourth-order valence-corrected chi connectivity index (χ4v) is 2.35. The molecular formula is C12H15BrN2OS. The molecule has 17 heavy (non-hydrogen) atoms. The molecule has 2 aromatic rings. The fraction of sp³-hybridized carbons (Fsp3) is 0.333. The van der Waals surface area contributed by atoms with Crippen LogP contribution >= 0.6 is 11.3 Å². The van der Waals surface area contributed by atoms with E-state index in [1.165, 1.54) is 17.0 Å². The minimum atomic E-state index is 0. The summed E-state index contributed by atoms with van der Waals surface area (Å²) in [5.41, 5.74) is 2.30. The second kappa shape index (κ2) is 5.60. The Morgan fingerprint density at radius 1 is 1.47 bits per heavy atom. The number of imidazole rings is 1. The van der Waals surface area contributed by atoms with Crippen LogP contribution in [0.15, 0.2) is 17.5 Å². The highest BCUT2D eigenvalue weighted by molar-refractivity contribution is 7.12. The normalized spacial score (nSPS) is 10.1. The summed E-state index contributed by atoms with van der Waals surface area (Å²) in [5.74, 6) is 1.14. The number of hydrogen-bond acceptors (Lipinski definition) is 2. The summed E-state index contributed by atoms with van der Waals surface area (Å²) in [6.07, 6.45) is 0.436. The predicted octanol–water partition coefficient (Wildman–Crippen LogP) is -1.05. The summed E-state index contributed by atoms with van der Waals surface area (Å²) in [5, 5.41) is 1.93.